The maximum Gasteiger partial charge on any atom is 0.326 e. The monoisotopic (exact) mass is 270 g/mol. The molecule has 1 amide bonds. The third kappa shape index (κ3) is 3.69. The third-order valence-electron chi connectivity index (χ3n) is 4.12. The summed E-state index contributed by atoms with van der Waals surface area (Å²) in [6.45, 7) is 6.66. The molecular weight excluding hydrogens is 244 g/mol. The summed E-state index contributed by atoms with van der Waals surface area (Å²) in [5.41, 5.74) is -0.560. The van der Waals surface area contributed by atoms with E-state index in [1.54, 1.807) is 0 Å². The fourth-order valence-corrected chi connectivity index (χ4v) is 2.72. The number of carboxylic acid groups (broad SMARTS) is 1. The predicted octanol–water partition coefficient (Wildman–Crippen LogP) is 1.52. The van der Waals surface area contributed by atoms with E-state index in [1.807, 2.05) is 20.8 Å². The zero-order chi connectivity index (χ0) is 14.5. The van der Waals surface area contributed by atoms with Gasteiger partial charge in [0, 0.05) is 0 Å². The van der Waals surface area contributed by atoms with Gasteiger partial charge in [-0.1, -0.05) is 33.6 Å². The van der Waals surface area contributed by atoms with Gasteiger partial charge in [-0.15, -0.1) is 0 Å². The molecule has 0 radical (unpaired) electrons. The lowest BCUT2D eigenvalue weighted by Crippen LogP contribution is -2.58. The Balaban J connectivity index is 2.77. The van der Waals surface area contributed by atoms with Crippen LogP contribution in [0.3, 0.4) is 0 Å². The normalized spacial score (nSPS) is 25.8. The average Bonchev–Trinajstić information content (AvgIpc) is 2.84. The minimum Gasteiger partial charge on any atom is -0.480 e. The minimum atomic E-state index is -0.952. The Morgan fingerprint density at radius 1 is 1.42 bits per heavy atom. The SMILES string of the molecule is CCCC1(C(=O)NC(C(=O)O)C(C)CC)CCCN1. The number of carbonyl (C=O) groups excluding carboxylic acids is 1. The molecule has 3 atom stereocenters. The summed E-state index contributed by atoms with van der Waals surface area (Å²) in [4.78, 5) is 23.7. The summed E-state index contributed by atoms with van der Waals surface area (Å²) in [6.07, 6.45) is 4.15. The first-order valence-electron chi connectivity index (χ1n) is 7.25. The molecule has 0 aliphatic carbocycles. The van der Waals surface area contributed by atoms with Gasteiger partial charge < -0.3 is 15.7 Å². The molecule has 5 heteroatoms. The highest BCUT2D eigenvalue weighted by Crippen LogP contribution is 2.25. The lowest BCUT2D eigenvalue weighted by Gasteiger charge is -2.31. The molecule has 1 heterocycles. The molecular formula is C14H26N2O3. The van der Waals surface area contributed by atoms with Crippen LogP contribution in [0.4, 0.5) is 0 Å². The fraction of sp³-hybridized carbons (Fsp3) is 0.857. The van der Waals surface area contributed by atoms with Crippen molar-refractivity contribution in [1.82, 2.24) is 10.6 Å². The number of carboxylic acids is 1. The molecule has 0 aromatic rings. The molecule has 0 saturated carbocycles. The molecule has 3 unspecified atom stereocenters. The Hall–Kier alpha value is -1.10. The highest BCUT2D eigenvalue weighted by atomic mass is 16.4. The van der Waals surface area contributed by atoms with Crippen molar-refractivity contribution < 1.29 is 14.7 Å². The Bertz CT molecular complexity index is 325. The van der Waals surface area contributed by atoms with Crippen LogP contribution in [0, 0.1) is 5.92 Å². The Morgan fingerprint density at radius 2 is 2.11 bits per heavy atom. The van der Waals surface area contributed by atoms with Gasteiger partial charge in [-0.3, -0.25) is 4.79 Å². The van der Waals surface area contributed by atoms with Gasteiger partial charge in [-0.2, -0.15) is 0 Å². The van der Waals surface area contributed by atoms with E-state index in [0.717, 1.165) is 38.6 Å². The molecule has 0 aromatic carbocycles. The molecule has 110 valence electrons. The molecule has 1 aliphatic heterocycles. The molecule has 1 aliphatic rings. The lowest BCUT2D eigenvalue weighted by molar-refractivity contribution is -0.144. The summed E-state index contributed by atoms with van der Waals surface area (Å²) in [6, 6.07) is -0.798. The zero-order valence-electron chi connectivity index (χ0n) is 12.2. The van der Waals surface area contributed by atoms with E-state index >= 15 is 0 Å². The van der Waals surface area contributed by atoms with Gasteiger partial charge in [0.2, 0.25) is 5.91 Å². The van der Waals surface area contributed by atoms with Gasteiger partial charge in [0.1, 0.15) is 6.04 Å². The summed E-state index contributed by atoms with van der Waals surface area (Å²) < 4.78 is 0. The van der Waals surface area contributed by atoms with Gasteiger partial charge >= 0.3 is 5.97 Å². The number of nitrogens with one attached hydrogen (secondary N) is 2. The number of aliphatic carboxylic acids is 1. The Labute approximate surface area is 115 Å². The standard InChI is InChI=1S/C14H26N2O3/c1-4-7-14(8-6-9-15-14)13(19)16-11(12(17)18)10(3)5-2/h10-11,15H,4-9H2,1-3H3,(H,16,19)(H,17,18). The zero-order valence-corrected chi connectivity index (χ0v) is 12.2. The van der Waals surface area contributed by atoms with Crippen molar-refractivity contribution in [3.8, 4) is 0 Å². The van der Waals surface area contributed by atoms with Crippen molar-refractivity contribution in [2.24, 2.45) is 5.92 Å². The highest BCUT2D eigenvalue weighted by Gasteiger charge is 2.41. The summed E-state index contributed by atoms with van der Waals surface area (Å²) >= 11 is 0. The highest BCUT2D eigenvalue weighted by molar-refractivity contribution is 5.90. The van der Waals surface area contributed by atoms with E-state index in [1.165, 1.54) is 0 Å². The molecule has 3 N–H and O–H groups in total. The van der Waals surface area contributed by atoms with Crippen LogP contribution in [0.25, 0.3) is 0 Å². The van der Waals surface area contributed by atoms with E-state index in [2.05, 4.69) is 10.6 Å². The number of carbonyl (C=O) groups is 2. The fourth-order valence-electron chi connectivity index (χ4n) is 2.72. The quantitative estimate of drug-likeness (QED) is 0.655. The van der Waals surface area contributed by atoms with Crippen LogP contribution < -0.4 is 10.6 Å². The summed E-state index contributed by atoms with van der Waals surface area (Å²) in [5, 5.41) is 15.2. The number of hydrogen-bond donors (Lipinski definition) is 3. The van der Waals surface area contributed by atoms with Crippen molar-refractivity contribution in [1.29, 1.82) is 0 Å². The van der Waals surface area contributed by atoms with E-state index < -0.39 is 17.6 Å². The van der Waals surface area contributed by atoms with Crippen molar-refractivity contribution in [3.63, 3.8) is 0 Å². The van der Waals surface area contributed by atoms with Crippen LogP contribution in [0.2, 0.25) is 0 Å². The molecule has 1 fully saturated rings. The minimum absolute atomic E-state index is 0.0680. The second kappa shape index (κ2) is 6.89. The second-order valence-corrected chi connectivity index (χ2v) is 5.54. The van der Waals surface area contributed by atoms with Crippen molar-refractivity contribution in [2.45, 2.75) is 64.5 Å². The van der Waals surface area contributed by atoms with E-state index in [4.69, 9.17) is 0 Å². The molecule has 5 nitrogen and oxygen atoms in total. The predicted molar refractivity (Wildman–Crippen MR) is 73.9 cm³/mol. The molecule has 0 spiro atoms. The van der Waals surface area contributed by atoms with Gasteiger partial charge in [-0.05, 0) is 31.7 Å². The molecule has 1 rings (SSSR count). The first-order valence-corrected chi connectivity index (χ1v) is 7.25. The first kappa shape index (κ1) is 16.0. The Morgan fingerprint density at radius 3 is 2.53 bits per heavy atom. The van der Waals surface area contributed by atoms with Crippen LogP contribution in [-0.2, 0) is 9.59 Å². The second-order valence-electron chi connectivity index (χ2n) is 5.54. The van der Waals surface area contributed by atoms with Gasteiger partial charge in [0.25, 0.3) is 0 Å². The van der Waals surface area contributed by atoms with Crippen LogP contribution in [0.15, 0.2) is 0 Å². The average molecular weight is 270 g/mol. The molecule has 0 aromatic heterocycles. The molecule has 1 saturated heterocycles. The van der Waals surface area contributed by atoms with Gasteiger partial charge in [0.15, 0.2) is 0 Å². The molecule has 19 heavy (non-hydrogen) atoms. The summed E-state index contributed by atoms with van der Waals surface area (Å²) in [7, 11) is 0. The number of hydrogen-bond acceptors (Lipinski definition) is 3. The number of amides is 1. The Kier molecular flexibility index (Phi) is 5.79. The van der Waals surface area contributed by atoms with Gasteiger partial charge in [0.05, 0.1) is 5.54 Å². The van der Waals surface area contributed by atoms with Crippen LogP contribution in [-0.4, -0.2) is 35.1 Å². The summed E-state index contributed by atoms with van der Waals surface area (Å²) in [5.74, 6) is -1.17. The third-order valence-corrected chi connectivity index (χ3v) is 4.12. The smallest absolute Gasteiger partial charge is 0.326 e. The van der Waals surface area contributed by atoms with Crippen molar-refractivity contribution in [3.05, 3.63) is 0 Å². The van der Waals surface area contributed by atoms with E-state index in [-0.39, 0.29) is 11.8 Å². The van der Waals surface area contributed by atoms with Crippen LogP contribution >= 0.6 is 0 Å². The van der Waals surface area contributed by atoms with Crippen LogP contribution in [0.5, 0.6) is 0 Å². The van der Waals surface area contributed by atoms with Gasteiger partial charge in [-0.25, -0.2) is 4.79 Å². The van der Waals surface area contributed by atoms with Crippen molar-refractivity contribution >= 4 is 11.9 Å². The van der Waals surface area contributed by atoms with Crippen molar-refractivity contribution in [2.75, 3.05) is 6.54 Å². The first-order chi connectivity index (χ1) is 8.96. The maximum absolute atomic E-state index is 12.5. The maximum atomic E-state index is 12.5. The topological polar surface area (TPSA) is 78.4 Å². The molecule has 0 bridgehead atoms. The number of rotatable bonds is 7. The largest absolute Gasteiger partial charge is 0.480 e. The lowest BCUT2D eigenvalue weighted by atomic mass is 9.89. The van der Waals surface area contributed by atoms with E-state index in [9.17, 15) is 14.7 Å². The van der Waals surface area contributed by atoms with E-state index in [0.29, 0.717) is 0 Å². The van der Waals surface area contributed by atoms with Crippen LogP contribution in [0.1, 0.15) is 52.9 Å².